The molecular weight excluding hydrogens is 236 g/mol. The van der Waals surface area contributed by atoms with Crippen molar-refractivity contribution >= 4 is 5.91 Å². The Morgan fingerprint density at radius 1 is 1.26 bits per heavy atom. The van der Waals surface area contributed by atoms with Gasteiger partial charge in [-0.15, -0.1) is 0 Å². The lowest BCUT2D eigenvalue weighted by atomic mass is 9.85. The van der Waals surface area contributed by atoms with Crippen molar-refractivity contribution in [3.63, 3.8) is 0 Å². The van der Waals surface area contributed by atoms with E-state index in [1.54, 1.807) is 0 Å². The van der Waals surface area contributed by atoms with Gasteiger partial charge >= 0.3 is 0 Å². The molecule has 1 aromatic rings. The summed E-state index contributed by atoms with van der Waals surface area (Å²) >= 11 is 0. The molecule has 3 nitrogen and oxygen atoms in total. The van der Waals surface area contributed by atoms with E-state index >= 15 is 0 Å². The van der Waals surface area contributed by atoms with Crippen molar-refractivity contribution in [1.29, 1.82) is 0 Å². The van der Waals surface area contributed by atoms with Gasteiger partial charge in [0, 0.05) is 18.0 Å². The summed E-state index contributed by atoms with van der Waals surface area (Å²) in [4.78, 5) is 11.7. The Labute approximate surface area is 116 Å². The second-order valence-corrected chi connectivity index (χ2v) is 5.73. The number of hydrogen-bond acceptors (Lipinski definition) is 2. The molecule has 1 unspecified atom stereocenters. The lowest BCUT2D eigenvalue weighted by Crippen LogP contribution is -2.42. The highest BCUT2D eigenvalue weighted by atomic mass is 16.1. The van der Waals surface area contributed by atoms with E-state index < -0.39 is 0 Å². The van der Waals surface area contributed by atoms with Gasteiger partial charge in [0.2, 0.25) is 5.91 Å². The highest BCUT2D eigenvalue weighted by Crippen LogP contribution is 2.21. The normalized spacial score (nSPS) is 13.1. The van der Waals surface area contributed by atoms with Crippen molar-refractivity contribution in [2.75, 3.05) is 13.1 Å². The molecule has 0 saturated heterocycles. The van der Waals surface area contributed by atoms with Gasteiger partial charge in [0.1, 0.15) is 0 Å². The van der Waals surface area contributed by atoms with Crippen LogP contribution in [0.15, 0.2) is 30.3 Å². The molecule has 0 heterocycles. The third-order valence-corrected chi connectivity index (χ3v) is 3.43. The number of amides is 1. The first-order valence-electron chi connectivity index (χ1n) is 7.01. The second kappa shape index (κ2) is 7.29. The number of rotatable bonds is 7. The topological polar surface area (TPSA) is 41.1 Å². The van der Waals surface area contributed by atoms with Gasteiger partial charge in [0.05, 0.1) is 6.54 Å². The third-order valence-electron chi connectivity index (χ3n) is 3.43. The molecule has 0 bridgehead atoms. The Morgan fingerprint density at radius 3 is 2.47 bits per heavy atom. The Balaban J connectivity index is 2.38. The van der Waals surface area contributed by atoms with E-state index in [2.05, 4.69) is 43.5 Å². The summed E-state index contributed by atoms with van der Waals surface area (Å²) in [5.74, 6) is 0.0678. The fourth-order valence-electron chi connectivity index (χ4n) is 1.91. The van der Waals surface area contributed by atoms with Crippen LogP contribution in [0, 0.1) is 0 Å². The van der Waals surface area contributed by atoms with Crippen molar-refractivity contribution in [3.8, 4) is 0 Å². The smallest absolute Gasteiger partial charge is 0.234 e. The van der Waals surface area contributed by atoms with Gasteiger partial charge in [-0.25, -0.2) is 0 Å². The van der Waals surface area contributed by atoms with Crippen LogP contribution in [0.3, 0.4) is 0 Å². The van der Waals surface area contributed by atoms with Crippen LogP contribution in [0.4, 0.5) is 0 Å². The van der Waals surface area contributed by atoms with Crippen molar-refractivity contribution in [2.45, 2.75) is 45.6 Å². The van der Waals surface area contributed by atoms with E-state index in [0.717, 1.165) is 13.0 Å². The molecule has 1 atom stereocenters. The van der Waals surface area contributed by atoms with Gasteiger partial charge in [-0.2, -0.15) is 0 Å². The summed E-state index contributed by atoms with van der Waals surface area (Å²) < 4.78 is 0. The maximum Gasteiger partial charge on any atom is 0.234 e. The molecule has 3 heteroatoms. The number of nitrogens with one attached hydrogen (secondary N) is 2. The number of hydrogen-bond donors (Lipinski definition) is 2. The molecular formula is C16H26N2O. The molecule has 19 heavy (non-hydrogen) atoms. The van der Waals surface area contributed by atoms with Crippen LogP contribution in [0.25, 0.3) is 0 Å². The lowest BCUT2D eigenvalue weighted by Gasteiger charge is -2.25. The van der Waals surface area contributed by atoms with Crippen LogP contribution in [0.2, 0.25) is 0 Å². The molecule has 0 fully saturated rings. The highest BCUT2D eigenvalue weighted by molar-refractivity contribution is 5.78. The van der Waals surface area contributed by atoms with Gasteiger partial charge in [0.15, 0.2) is 0 Å². The maximum atomic E-state index is 11.7. The van der Waals surface area contributed by atoms with Gasteiger partial charge in [0.25, 0.3) is 0 Å². The standard InChI is InChI=1S/C16H26N2O/c1-5-13(2)18-15(19)11-17-12-16(3,4)14-9-7-6-8-10-14/h6-10,13,17H,5,11-12H2,1-4H3,(H,18,19). The Morgan fingerprint density at radius 2 is 1.89 bits per heavy atom. The largest absolute Gasteiger partial charge is 0.353 e. The van der Waals surface area contributed by atoms with E-state index in [-0.39, 0.29) is 17.4 Å². The first kappa shape index (κ1) is 15.7. The molecule has 0 aromatic heterocycles. The molecule has 2 N–H and O–H groups in total. The van der Waals surface area contributed by atoms with E-state index in [0.29, 0.717) is 6.54 Å². The van der Waals surface area contributed by atoms with Crippen LogP contribution in [-0.2, 0) is 10.2 Å². The summed E-state index contributed by atoms with van der Waals surface area (Å²) in [6.07, 6.45) is 0.960. The van der Waals surface area contributed by atoms with Crippen LogP contribution in [-0.4, -0.2) is 25.0 Å². The average Bonchev–Trinajstić information content (AvgIpc) is 2.39. The molecule has 0 aliphatic carbocycles. The second-order valence-electron chi connectivity index (χ2n) is 5.73. The lowest BCUT2D eigenvalue weighted by molar-refractivity contribution is -0.120. The van der Waals surface area contributed by atoms with Crippen molar-refractivity contribution in [3.05, 3.63) is 35.9 Å². The molecule has 1 aromatic carbocycles. The van der Waals surface area contributed by atoms with Crippen molar-refractivity contribution in [1.82, 2.24) is 10.6 Å². The molecule has 0 spiro atoms. The SMILES string of the molecule is CCC(C)NC(=O)CNCC(C)(C)c1ccccc1. The monoisotopic (exact) mass is 262 g/mol. The summed E-state index contributed by atoms with van der Waals surface area (Å²) in [5, 5.41) is 6.20. The maximum absolute atomic E-state index is 11.7. The van der Waals surface area contributed by atoms with E-state index in [4.69, 9.17) is 0 Å². The zero-order chi connectivity index (χ0) is 14.3. The van der Waals surface area contributed by atoms with E-state index in [1.807, 2.05) is 25.1 Å². The summed E-state index contributed by atoms with van der Waals surface area (Å²) in [6, 6.07) is 10.6. The molecule has 1 rings (SSSR count). The average molecular weight is 262 g/mol. The number of benzene rings is 1. The Bertz CT molecular complexity index is 387. The first-order valence-corrected chi connectivity index (χ1v) is 7.01. The molecule has 0 radical (unpaired) electrons. The fourth-order valence-corrected chi connectivity index (χ4v) is 1.91. The molecule has 0 saturated carbocycles. The number of carbonyl (C=O) groups is 1. The predicted molar refractivity (Wildman–Crippen MR) is 80.2 cm³/mol. The van der Waals surface area contributed by atoms with E-state index in [1.165, 1.54) is 5.56 Å². The molecule has 0 aliphatic heterocycles. The molecule has 106 valence electrons. The van der Waals surface area contributed by atoms with Crippen molar-refractivity contribution < 1.29 is 4.79 Å². The zero-order valence-corrected chi connectivity index (χ0v) is 12.5. The number of carbonyl (C=O) groups excluding carboxylic acids is 1. The summed E-state index contributed by atoms with van der Waals surface area (Å²) in [7, 11) is 0. The Hall–Kier alpha value is -1.35. The Kier molecular flexibility index (Phi) is 6.03. The summed E-state index contributed by atoms with van der Waals surface area (Å²) in [5.41, 5.74) is 1.31. The van der Waals surface area contributed by atoms with Gasteiger partial charge in [-0.05, 0) is 18.9 Å². The van der Waals surface area contributed by atoms with Gasteiger partial charge in [-0.3, -0.25) is 4.79 Å². The minimum absolute atomic E-state index is 0.0257. The summed E-state index contributed by atoms with van der Waals surface area (Å²) in [6.45, 7) is 9.61. The first-order chi connectivity index (χ1) is 8.95. The highest BCUT2D eigenvalue weighted by Gasteiger charge is 2.20. The van der Waals surface area contributed by atoms with Crippen molar-refractivity contribution in [2.24, 2.45) is 0 Å². The quantitative estimate of drug-likeness (QED) is 0.792. The third kappa shape index (κ3) is 5.43. The minimum Gasteiger partial charge on any atom is -0.353 e. The fraction of sp³-hybridized carbons (Fsp3) is 0.562. The minimum atomic E-state index is 0.0257. The predicted octanol–water partition coefficient (Wildman–Crippen LogP) is 2.47. The molecule has 0 aliphatic rings. The zero-order valence-electron chi connectivity index (χ0n) is 12.5. The van der Waals surface area contributed by atoms with Gasteiger partial charge in [-0.1, -0.05) is 51.1 Å². The van der Waals surface area contributed by atoms with Gasteiger partial charge < -0.3 is 10.6 Å². The molecule has 1 amide bonds. The van der Waals surface area contributed by atoms with Crippen LogP contribution < -0.4 is 10.6 Å². The van der Waals surface area contributed by atoms with E-state index in [9.17, 15) is 4.79 Å². The van der Waals surface area contributed by atoms with Crippen LogP contribution in [0.1, 0.15) is 39.7 Å². The van der Waals surface area contributed by atoms with Crippen LogP contribution in [0.5, 0.6) is 0 Å². The van der Waals surface area contributed by atoms with Crippen LogP contribution >= 0.6 is 0 Å².